The van der Waals surface area contributed by atoms with Crippen LogP contribution in [-0.2, 0) is 12.8 Å². The van der Waals surface area contributed by atoms with Crippen molar-refractivity contribution in [3.8, 4) is 11.1 Å². The monoisotopic (exact) mass is 371 g/mol. The van der Waals surface area contributed by atoms with E-state index in [1.165, 1.54) is 53.5 Å². The molecule has 4 heteroatoms. The summed E-state index contributed by atoms with van der Waals surface area (Å²) in [6.07, 6.45) is 6.66. The number of benzene rings is 2. The van der Waals surface area contributed by atoms with Gasteiger partial charge in [0.25, 0.3) is 0 Å². The van der Waals surface area contributed by atoms with Crippen LogP contribution < -0.4 is 5.32 Å². The third-order valence-electron chi connectivity index (χ3n) is 5.43. The van der Waals surface area contributed by atoms with Crippen LogP contribution in [-0.4, -0.2) is 9.97 Å². The van der Waals surface area contributed by atoms with Gasteiger partial charge in [0, 0.05) is 16.6 Å². The molecular weight excluding hydrogens is 350 g/mol. The lowest BCUT2D eigenvalue weighted by molar-refractivity contribution is 0.686. The fourth-order valence-corrected chi connectivity index (χ4v) is 4.84. The number of hydrogen-bond acceptors (Lipinski definition) is 4. The molecule has 134 valence electrons. The average molecular weight is 372 g/mol. The lowest BCUT2D eigenvalue weighted by Crippen LogP contribution is -2.02. The van der Waals surface area contributed by atoms with Gasteiger partial charge in [-0.1, -0.05) is 36.4 Å². The van der Waals surface area contributed by atoms with Crippen LogP contribution in [0.1, 0.15) is 29.5 Å². The average Bonchev–Trinajstić information content (AvgIpc) is 3.14. The molecule has 0 unspecified atom stereocenters. The van der Waals surface area contributed by atoms with Gasteiger partial charge in [0.1, 0.15) is 17.0 Å². The molecule has 1 aliphatic carbocycles. The van der Waals surface area contributed by atoms with Crippen molar-refractivity contribution in [2.45, 2.75) is 32.6 Å². The number of para-hydroxylation sites is 1. The summed E-state index contributed by atoms with van der Waals surface area (Å²) in [5.74, 6) is 0.878. The van der Waals surface area contributed by atoms with E-state index in [1.807, 2.05) is 6.07 Å². The zero-order chi connectivity index (χ0) is 18.2. The second-order valence-electron chi connectivity index (χ2n) is 7.18. The normalized spacial score (nSPS) is 13.5. The minimum Gasteiger partial charge on any atom is -0.339 e. The Labute approximate surface area is 163 Å². The summed E-state index contributed by atoms with van der Waals surface area (Å²) in [4.78, 5) is 10.1. The van der Waals surface area contributed by atoms with Gasteiger partial charge in [0.2, 0.25) is 0 Å². The lowest BCUT2D eigenvalue weighted by Gasteiger charge is -2.17. The molecule has 0 spiro atoms. The largest absolute Gasteiger partial charge is 0.339 e. The number of fused-ring (bicyclic) bond motifs is 2. The fraction of sp³-hybridized carbons (Fsp3) is 0.217. The molecule has 5 rings (SSSR count). The molecular formula is C23H21N3S. The number of nitrogens with zero attached hydrogens (tertiary/aromatic N) is 2. The standard InChI is InChI=1S/C23H21N3S/c1-15-6-2-5-9-20(15)26-22-21-19(13-27-23(21)25-14-24-22)18-11-10-16-7-3-4-8-17(16)12-18/h2,5-6,9-14H,3-4,7-8H2,1H3,(H,24,25,26). The number of hydrogen-bond donors (Lipinski definition) is 1. The summed E-state index contributed by atoms with van der Waals surface area (Å²) in [6.45, 7) is 2.11. The molecule has 1 N–H and O–H groups in total. The van der Waals surface area contributed by atoms with Gasteiger partial charge in [-0.05, 0) is 60.9 Å². The SMILES string of the molecule is Cc1ccccc1Nc1ncnc2scc(-c3ccc4c(c3)CCCC4)c12. The molecule has 3 nitrogen and oxygen atoms in total. The molecule has 2 aromatic heterocycles. The van der Waals surface area contributed by atoms with Crippen molar-refractivity contribution in [2.75, 3.05) is 5.32 Å². The van der Waals surface area contributed by atoms with Crippen LogP contribution in [0, 0.1) is 6.92 Å². The first-order chi connectivity index (χ1) is 13.3. The lowest BCUT2D eigenvalue weighted by atomic mass is 9.89. The maximum absolute atomic E-state index is 4.57. The summed E-state index contributed by atoms with van der Waals surface area (Å²) in [7, 11) is 0. The minimum absolute atomic E-state index is 0.878. The van der Waals surface area contributed by atoms with E-state index < -0.39 is 0 Å². The Balaban J connectivity index is 1.63. The third-order valence-corrected chi connectivity index (χ3v) is 6.31. The van der Waals surface area contributed by atoms with Gasteiger partial charge in [-0.25, -0.2) is 9.97 Å². The predicted molar refractivity (Wildman–Crippen MR) is 114 cm³/mol. The first kappa shape index (κ1) is 16.5. The van der Waals surface area contributed by atoms with Crippen LogP contribution in [0.5, 0.6) is 0 Å². The van der Waals surface area contributed by atoms with Crippen molar-refractivity contribution in [1.82, 2.24) is 9.97 Å². The van der Waals surface area contributed by atoms with Gasteiger partial charge in [0.05, 0.1) is 5.39 Å². The molecule has 0 aliphatic heterocycles. The summed E-state index contributed by atoms with van der Waals surface area (Å²) >= 11 is 1.68. The van der Waals surface area contributed by atoms with E-state index in [0.717, 1.165) is 21.7 Å². The van der Waals surface area contributed by atoms with E-state index in [1.54, 1.807) is 17.7 Å². The molecule has 4 aromatic rings. The number of rotatable bonds is 3. The van der Waals surface area contributed by atoms with Crippen molar-refractivity contribution >= 4 is 33.1 Å². The quantitative estimate of drug-likeness (QED) is 0.460. The van der Waals surface area contributed by atoms with Gasteiger partial charge < -0.3 is 5.32 Å². The maximum atomic E-state index is 4.57. The highest BCUT2D eigenvalue weighted by Gasteiger charge is 2.16. The van der Waals surface area contributed by atoms with Gasteiger partial charge in [0.15, 0.2) is 0 Å². The minimum atomic E-state index is 0.878. The molecule has 2 aromatic carbocycles. The van der Waals surface area contributed by atoms with E-state index in [4.69, 9.17) is 0 Å². The topological polar surface area (TPSA) is 37.8 Å². The molecule has 0 saturated carbocycles. The number of nitrogens with one attached hydrogen (secondary N) is 1. The van der Waals surface area contributed by atoms with Gasteiger partial charge >= 0.3 is 0 Å². The van der Waals surface area contributed by atoms with Crippen molar-refractivity contribution < 1.29 is 0 Å². The van der Waals surface area contributed by atoms with Gasteiger partial charge in [-0.3, -0.25) is 0 Å². The van der Waals surface area contributed by atoms with Crippen molar-refractivity contribution in [1.29, 1.82) is 0 Å². The summed E-state index contributed by atoms with van der Waals surface area (Å²) in [5.41, 5.74) is 7.79. The Bertz CT molecular complexity index is 1130. The van der Waals surface area contributed by atoms with Crippen molar-refractivity contribution in [3.05, 3.63) is 70.9 Å². The van der Waals surface area contributed by atoms with E-state index >= 15 is 0 Å². The van der Waals surface area contributed by atoms with E-state index in [-0.39, 0.29) is 0 Å². The highest BCUT2D eigenvalue weighted by molar-refractivity contribution is 7.17. The predicted octanol–water partition coefficient (Wildman–Crippen LogP) is 6.29. The smallest absolute Gasteiger partial charge is 0.143 e. The molecule has 0 bridgehead atoms. The second-order valence-corrected chi connectivity index (χ2v) is 8.04. The number of anilines is 2. The zero-order valence-corrected chi connectivity index (χ0v) is 16.1. The Hall–Kier alpha value is -2.72. The fourth-order valence-electron chi connectivity index (χ4n) is 3.92. The second kappa shape index (κ2) is 6.78. The van der Waals surface area contributed by atoms with E-state index in [9.17, 15) is 0 Å². The first-order valence-electron chi connectivity index (χ1n) is 9.46. The van der Waals surface area contributed by atoms with Crippen LogP contribution in [0.4, 0.5) is 11.5 Å². The van der Waals surface area contributed by atoms with Gasteiger partial charge in [-0.2, -0.15) is 0 Å². The molecule has 0 radical (unpaired) electrons. The highest BCUT2D eigenvalue weighted by Crippen LogP contribution is 2.39. The maximum Gasteiger partial charge on any atom is 0.143 e. The van der Waals surface area contributed by atoms with Crippen LogP contribution in [0.15, 0.2) is 54.2 Å². The Morgan fingerprint density at radius 3 is 2.70 bits per heavy atom. The summed E-state index contributed by atoms with van der Waals surface area (Å²) in [5, 5.41) is 6.86. The molecule has 0 atom stereocenters. The summed E-state index contributed by atoms with van der Waals surface area (Å²) < 4.78 is 0. The number of aromatic nitrogens is 2. The van der Waals surface area contributed by atoms with Crippen molar-refractivity contribution in [3.63, 3.8) is 0 Å². The molecule has 27 heavy (non-hydrogen) atoms. The number of thiophene rings is 1. The van der Waals surface area contributed by atoms with Crippen molar-refractivity contribution in [2.24, 2.45) is 0 Å². The Morgan fingerprint density at radius 1 is 0.963 bits per heavy atom. The third kappa shape index (κ3) is 3.00. The molecule has 0 amide bonds. The Morgan fingerprint density at radius 2 is 1.81 bits per heavy atom. The zero-order valence-electron chi connectivity index (χ0n) is 15.3. The number of aryl methyl sites for hydroxylation is 3. The van der Waals surface area contributed by atoms with Crippen LogP contribution in [0.3, 0.4) is 0 Å². The van der Waals surface area contributed by atoms with Crippen LogP contribution in [0.2, 0.25) is 0 Å². The van der Waals surface area contributed by atoms with Crippen LogP contribution >= 0.6 is 11.3 Å². The van der Waals surface area contributed by atoms with E-state index in [2.05, 4.69) is 64.0 Å². The first-order valence-corrected chi connectivity index (χ1v) is 10.3. The molecule has 0 fully saturated rings. The molecule has 2 heterocycles. The summed E-state index contributed by atoms with van der Waals surface area (Å²) in [6, 6.07) is 15.3. The van der Waals surface area contributed by atoms with Gasteiger partial charge in [-0.15, -0.1) is 11.3 Å². The highest BCUT2D eigenvalue weighted by atomic mass is 32.1. The Kier molecular flexibility index (Phi) is 4.13. The van der Waals surface area contributed by atoms with Crippen LogP contribution in [0.25, 0.3) is 21.3 Å². The van der Waals surface area contributed by atoms with E-state index in [0.29, 0.717) is 0 Å². The molecule has 0 saturated heterocycles. The molecule has 1 aliphatic rings.